The Hall–Kier alpha value is -1.38. The molecule has 1 amide bonds. The Morgan fingerprint density at radius 3 is 2.47 bits per heavy atom. The van der Waals surface area contributed by atoms with Gasteiger partial charge in [0.1, 0.15) is 5.82 Å². The van der Waals surface area contributed by atoms with E-state index in [9.17, 15) is 4.79 Å². The molecule has 3 nitrogen and oxygen atoms in total. The van der Waals surface area contributed by atoms with Gasteiger partial charge in [-0.3, -0.25) is 4.79 Å². The molecule has 3 heteroatoms. The van der Waals surface area contributed by atoms with Crippen molar-refractivity contribution in [2.24, 2.45) is 5.92 Å². The molecular formula is C12H20N2O. The van der Waals surface area contributed by atoms with E-state index in [0.29, 0.717) is 5.82 Å². The Labute approximate surface area is 91.9 Å². The van der Waals surface area contributed by atoms with E-state index in [1.807, 2.05) is 46.8 Å². The van der Waals surface area contributed by atoms with Crippen LogP contribution in [-0.2, 0) is 4.79 Å². The van der Waals surface area contributed by atoms with Gasteiger partial charge in [-0.1, -0.05) is 27.7 Å². The summed E-state index contributed by atoms with van der Waals surface area (Å²) in [6.45, 7) is 9.67. The second kappa shape index (κ2) is 6.98. The SMILES string of the molecule is CC.Cc1ccnc(NC(=O)C(C)C)c1. The number of carbonyl (C=O) groups is 1. The van der Waals surface area contributed by atoms with Crippen molar-refractivity contribution in [1.29, 1.82) is 0 Å². The fourth-order valence-electron chi connectivity index (χ4n) is 0.875. The number of aromatic nitrogens is 1. The smallest absolute Gasteiger partial charge is 0.228 e. The molecule has 0 saturated heterocycles. The van der Waals surface area contributed by atoms with Gasteiger partial charge < -0.3 is 5.32 Å². The summed E-state index contributed by atoms with van der Waals surface area (Å²) in [6, 6.07) is 3.74. The predicted molar refractivity (Wildman–Crippen MR) is 63.8 cm³/mol. The largest absolute Gasteiger partial charge is 0.310 e. The number of hydrogen-bond donors (Lipinski definition) is 1. The molecule has 0 bridgehead atoms. The van der Waals surface area contributed by atoms with Crippen molar-refractivity contribution in [1.82, 2.24) is 4.98 Å². The average molecular weight is 208 g/mol. The maximum Gasteiger partial charge on any atom is 0.228 e. The van der Waals surface area contributed by atoms with Crippen molar-refractivity contribution in [2.45, 2.75) is 34.6 Å². The number of nitrogens with one attached hydrogen (secondary N) is 1. The van der Waals surface area contributed by atoms with E-state index in [1.165, 1.54) is 0 Å². The van der Waals surface area contributed by atoms with Crippen LogP contribution in [0, 0.1) is 12.8 Å². The van der Waals surface area contributed by atoms with Crippen molar-refractivity contribution in [3.05, 3.63) is 23.9 Å². The van der Waals surface area contributed by atoms with Gasteiger partial charge in [0.2, 0.25) is 5.91 Å². The first-order valence-electron chi connectivity index (χ1n) is 5.33. The molecule has 0 aliphatic heterocycles. The van der Waals surface area contributed by atoms with E-state index >= 15 is 0 Å². The van der Waals surface area contributed by atoms with E-state index in [-0.39, 0.29) is 11.8 Å². The highest BCUT2D eigenvalue weighted by molar-refractivity contribution is 5.91. The minimum Gasteiger partial charge on any atom is -0.310 e. The molecule has 0 aliphatic carbocycles. The van der Waals surface area contributed by atoms with Crippen LogP contribution in [0.15, 0.2) is 18.3 Å². The molecular weight excluding hydrogens is 188 g/mol. The van der Waals surface area contributed by atoms with Crippen LogP contribution >= 0.6 is 0 Å². The molecule has 0 unspecified atom stereocenters. The minimum atomic E-state index is -0.0117. The van der Waals surface area contributed by atoms with Gasteiger partial charge in [-0.2, -0.15) is 0 Å². The molecule has 0 aromatic carbocycles. The van der Waals surface area contributed by atoms with Crippen LogP contribution in [0.25, 0.3) is 0 Å². The fourth-order valence-corrected chi connectivity index (χ4v) is 0.875. The maximum atomic E-state index is 11.3. The number of hydrogen-bond acceptors (Lipinski definition) is 2. The van der Waals surface area contributed by atoms with Crippen LogP contribution in [0.1, 0.15) is 33.3 Å². The standard InChI is InChI=1S/C10H14N2O.C2H6/c1-7(2)10(13)12-9-6-8(3)4-5-11-9;1-2/h4-7H,1-3H3,(H,11,12,13);1-2H3. The summed E-state index contributed by atoms with van der Waals surface area (Å²) in [6.07, 6.45) is 1.69. The topological polar surface area (TPSA) is 42.0 Å². The lowest BCUT2D eigenvalue weighted by Crippen LogP contribution is -2.18. The van der Waals surface area contributed by atoms with Crippen molar-refractivity contribution in [3.8, 4) is 0 Å². The van der Waals surface area contributed by atoms with Crippen molar-refractivity contribution in [2.75, 3.05) is 5.32 Å². The first kappa shape index (κ1) is 13.6. The van der Waals surface area contributed by atoms with Crippen LogP contribution in [-0.4, -0.2) is 10.9 Å². The highest BCUT2D eigenvalue weighted by atomic mass is 16.1. The third kappa shape index (κ3) is 5.15. The molecule has 0 radical (unpaired) electrons. The van der Waals surface area contributed by atoms with Crippen LogP contribution in [0.5, 0.6) is 0 Å². The molecule has 1 aromatic heterocycles. The van der Waals surface area contributed by atoms with Crippen LogP contribution in [0.2, 0.25) is 0 Å². The maximum absolute atomic E-state index is 11.3. The zero-order valence-corrected chi connectivity index (χ0v) is 10.2. The Balaban J connectivity index is 0.000000921. The molecule has 15 heavy (non-hydrogen) atoms. The predicted octanol–water partition coefficient (Wildman–Crippen LogP) is 3.01. The van der Waals surface area contributed by atoms with Gasteiger partial charge in [0.25, 0.3) is 0 Å². The molecule has 1 aromatic rings. The normalized spacial score (nSPS) is 9.20. The van der Waals surface area contributed by atoms with Crippen LogP contribution < -0.4 is 5.32 Å². The first-order valence-corrected chi connectivity index (χ1v) is 5.33. The second-order valence-electron chi connectivity index (χ2n) is 3.36. The van der Waals surface area contributed by atoms with Crippen molar-refractivity contribution in [3.63, 3.8) is 0 Å². The summed E-state index contributed by atoms with van der Waals surface area (Å²) >= 11 is 0. The molecule has 0 fully saturated rings. The Bertz CT molecular complexity index is 308. The van der Waals surface area contributed by atoms with Crippen LogP contribution in [0.4, 0.5) is 5.82 Å². The van der Waals surface area contributed by atoms with E-state index in [2.05, 4.69) is 10.3 Å². The van der Waals surface area contributed by atoms with E-state index < -0.39 is 0 Å². The van der Waals surface area contributed by atoms with E-state index in [0.717, 1.165) is 5.56 Å². The number of aryl methyl sites for hydroxylation is 1. The number of anilines is 1. The highest BCUT2D eigenvalue weighted by Crippen LogP contribution is 2.06. The van der Waals surface area contributed by atoms with Gasteiger partial charge in [0, 0.05) is 12.1 Å². The lowest BCUT2D eigenvalue weighted by Gasteiger charge is -2.06. The van der Waals surface area contributed by atoms with Gasteiger partial charge in [-0.15, -0.1) is 0 Å². The first-order chi connectivity index (χ1) is 7.09. The Morgan fingerprint density at radius 2 is 2.00 bits per heavy atom. The third-order valence-corrected chi connectivity index (χ3v) is 1.69. The average Bonchev–Trinajstić information content (AvgIpc) is 2.20. The van der Waals surface area contributed by atoms with Crippen LogP contribution in [0.3, 0.4) is 0 Å². The fraction of sp³-hybridized carbons (Fsp3) is 0.500. The van der Waals surface area contributed by atoms with Gasteiger partial charge >= 0.3 is 0 Å². The van der Waals surface area contributed by atoms with E-state index in [1.54, 1.807) is 6.20 Å². The number of carbonyl (C=O) groups excluding carboxylic acids is 1. The molecule has 84 valence electrons. The summed E-state index contributed by atoms with van der Waals surface area (Å²) in [5.41, 5.74) is 1.09. The van der Waals surface area contributed by atoms with Gasteiger partial charge in [0.05, 0.1) is 0 Å². The summed E-state index contributed by atoms with van der Waals surface area (Å²) < 4.78 is 0. The Morgan fingerprint density at radius 1 is 1.40 bits per heavy atom. The summed E-state index contributed by atoms with van der Waals surface area (Å²) in [7, 11) is 0. The summed E-state index contributed by atoms with van der Waals surface area (Å²) in [5.74, 6) is 0.610. The second-order valence-corrected chi connectivity index (χ2v) is 3.36. The monoisotopic (exact) mass is 208 g/mol. The number of rotatable bonds is 2. The lowest BCUT2D eigenvalue weighted by molar-refractivity contribution is -0.118. The Kier molecular flexibility index (Phi) is 6.34. The van der Waals surface area contributed by atoms with E-state index in [4.69, 9.17) is 0 Å². The summed E-state index contributed by atoms with van der Waals surface area (Å²) in [5, 5.41) is 2.73. The third-order valence-electron chi connectivity index (χ3n) is 1.69. The van der Waals surface area contributed by atoms with Gasteiger partial charge in [-0.05, 0) is 24.6 Å². The van der Waals surface area contributed by atoms with Gasteiger partial charge in [-0.25, -0.2) is 4.98 Å². The lowest BCUT2D eigenvalue weighted by atomic mass is 10.2. The minimum absolute atomic E-state index is 0.00176. The number of pyridine rings is 1. The number of nitrogens with zero attached hydrogens (tertiary/aromatic N) is 1. The molecule has 1 rings (SSSR count). The molecule has 0 atom stereocenters. The molecule has 1 N–H and O–H groups in total. The van der Waals surface area contributed by atoms with Gasteiger partial charge in [0.15, 0.2) is 0 Å². The van der Waals surface area contributed by atoms with Crippen molar-refractivity contribution >= 4 is 11.7 Å². The molecule has 0 aliphatic rings. The zero-order valence-electron chi connectivity index (χ0n) is 10.2. The molecule has 1 heterocycles. The quantitative estimate of drug-likeness (QED) is 0.811. The summed E-state index contributed by atoms with van der Waals surface area (Å²) in [4.78, 5) is 15.3. The molecule has 0 saturated carbocycles. The van der Waals surface area contributed by atoms with Crippen molar-refractivity contribution < 1.29 is 4.79 Å². The molecule has 0 spiro atoms. The highest BCUT2D eigenvalue weighted by Gasteiger charge is 2.06. The zero-order chi connectivity index (χ0) is 11.8. The number of amides is 1.